The summed E-state index contributed by atoms with van der Waals surface area (Å²) in [5.74, 6) is 0.842. The predicted octanol–water partition coefficient (Wildman–Crippen LogP) is 1.54. The largest absolute Gasteiger partial charge is 0.492 e. The molecule has 0 atom stereocenters. The van der Waals surface area contributed by atoms with Gasteiger partial charge in [-0.3, -0.25) is 9.89 Å². The van der Waals surface area contributed by atoms with Gasteiger partial charge in [0.1, 0.15) is 12.4 Å². The van der Waals surface area contributed by atoms with Gasteiger partial charge in [0.25, 0.3) is 5.56 Å². The van der Waals surface area contributed by atoms with Gasteiger partial charge in [-0.15, -0.1) is 0 Å². The van der Waals surface area contributed by atoms with Crippen LogP contribution in [0.5, 0.6) is 5.75 Å². The molecule has 0 aliphatic heterocycles. The second-order valence-electron chi connectivity index (χ2n) is 5.16. The first kappa shape index (κ1) is 14.4. The fraction of sp³-hybridized carbons (Fsp3) is 0.400. The van der Waals surface area contributed by atoms with E-state index in [4.69, 9.17) is 4.74 Å². The van der Waals surface area contributed by atoms with Crippen LogP contribution >= 0.6 is 0 Å². The molecule has 1 aromatic heterocycles. The van der Waals surface area contributed by atoms with E-state index in [0.717, 1.165) is 29.1 Å². The van der Waals surface area contributed by atoms with E-state index in [2.05, 4.69) is 15.1 Å². The molecule has 0 saturated heterocycles. The number of benzene rings is 1. The lowest BCUT2D eigenvalue weighted by molar-refractivity contribution is 0.261. The van der Waals surface area contributed by atoms with Crippen LogP contribution in [0.3, 0.4) is 0 Å². The zero-order valence-corrected chi connectivity index (χ0v) is 12.2. The van der Waals surface area contributed by atoms with Crippen LogP contribution in [0.15, 0.2) is 29.1 Å². The minimum absolute atomic E-state index is 0.0542. The highest BCUT2D eigenvalue weighted by atomic mass is 16.5. The monoisotopic (exact) mass is 275 g/mol. The number of hydrogen-bond donors (Lipinski definition) is 2. The van der Waals surface area contributed by atoms with E-state index in [1.54, 1.807) is 0 Å². The van der Waals surface area contributed by atoms with Crippen LogP contribution in [0.4, 0.5) is 0 Å². The molecule has 2 rings (SSSR count). The third kappa shape index (κ3) is 3.74. The molecule has 108 valence electrons. The fourth-order valence-electron chi connectivity index (χ4n) is 1.98. The summed E-state index contributed by atoms with van der Waals surface area (Å²) >= 11 is 0. The zero-order chi connectivity index (χ0) is 14.5. The van der Waals surface area contributed by atoms with Crippen molar-refractivity contribution < 1.29 is 4.74 Å². The van der Waals surface area contributed by atoms with Crippen molar-refractivity contribution >= 4 is 0 Å². The molecular formula is C15H21N3O2. The molecule has 0 bridgehead atoms. The number of aromatic amines is 2. The van der Waals surface area contributed by atoms with Gasteiger partial charge in [0.15, 0.2) is 0 Å². The number of rotatable bonds is 6. The number of nitrogens with zero attached hydrogens (tertiary/aromatic N) is 1. The second kappa shape index (κ2) is 6.43. The average Bonchev–Trinajstić information content (AvgIpc) is 2.71. The van der Waals surface area contributed by atoms with E-state index in [0.29, 0.717) is 13.0 Å². The summed E-state index contributed by atoms with van der Waals surface area (Å²) in [5.41, 5.74) is 2.67. The Hall–Kier alpha value is -2.01. The van der Waals surface area contributed by atoms with Gasteiger partial charge in [-0.1, -0.05) is 12.1 Å². The third-order valence-corrected chi connectivity index (χ3v) is 3.18. The van der Waals surface area contributed by atoms with Gasteiger partial charge in [0.2, 0.25) is 0 Å². The van der Waals surface area contributed by atoms with Gasteiger partial charge in [-0.2, -0.15) is 0 Å². The lowest BCUT2D eigenvalue weighted by Gasteiger charge is -2.11. The Labute approximate surface area is 118 Å². The number of nitrogens with one attached hydrogen (secondary N) is 2. The van der Waals surface area contributed by atoms with Crippen molar-refractivity contribution in [3.63, 3.8) is 0 Å². The molecule has 5 nitrogen and oxygen atoms in total. The first-order valence-electron chi connectivity index (χ1n) is 6.69. The molecule has 5 heteroatoms. The molecule has 0 spiro atoms. The SMILES string of the molecule is Cc1[nH][nH]c(=O)c1Cc1cccc(OCCN(C)C)c1. The normalized spacial score (nSPS) is 11.0. The summed E-state index contributed by atoms with van der Waals surface area (Å²) in [7, 11) is 4.03. The minimum atomic E-state index is -0.0542. The molecule has 1 heterocycles. The summed E-state index contributed by atoms with van der Waals surface area (Å²) in [4.78, 5) is 13.7. The van der Waals surface area contributed by atoms with Crippen LogP contribution in [0.2, 0.25) is 0 Å². The molecule has 20 heavy (non-hydrogen) atoms. The highest BCUT2D eigenvalue weighted by molar-refractivity contribution is 5.33. The number of hydrogen-bond acceptors (Lipinski definition) is 3. The van der Waals surface area contributed by atoms with Crippen molar-refractivity contribution in [2.24, 2.45) is 0 Å². The summed E-state index contributed by atoms with van der Waals surface area (Å²) in [6.45, 7) is 3.42. The van der Waals surface area contributed by atoms with Gasteiger partial charge in [-0.05, 0) is 38.7 Å². The van der Waals surface area contributed by atoms with Crippen molar-refractivity contribution in [3.05, 3.63) is 51.4 Å². The minimum Gasteiger partial charge on any atom is -0.492 e. The fourth-order valence-corrected chi connectivity index (χ4v) is 1.98. The first-order valence-corrected chi connectivity index (χ1v) is 6.69. The number of aromatic nitrogens is 2. The molecule has 0 saturated carbocycles. The lowest BCUT2D eigenvalue weighted by atomic mass is 10.1. The smallest absolute Gasteiger partial charge is 0.267 e. The Morgan fingerprint density at radius 3 is 2.70 bits per heavy atom. The van der Waals surface area contributed by atoms with Crippen LogP contribution in [0, 0.1) is 6.92 Å². The molecule has 0 fully saturated rings. The second-order valence-corrected chi connectivity index (χ2v) is 5.16. The van der Waals surface area contributed by atoms with E-state index >= 15 is 0 Å². The summed E-state index contributed by atoms with van der Waals surface area (Å²) in [5, 5.41) is 5.45. The summed E-state index contributed by atoms with van der Waals surface area (Å²) in [6, 6.07) is 7.89. The molecule has 2 N–H and O–H groups in total. The molecular weight excluding hydrogens is 254 g/mol. The number of likely N-dealkylation sites (N-methyl/N-ethyl adjacent to an activating group) is 1. The maximum absolute atomic E-state index is 11.7. The summed E-state index contributed by atoms with van der Waals surface area (Å²) < 4.78 is 5.70. The molecule has 2 aromatic rings. The third-order valence-electron chi connectivity index (χ3n) is 3.18. The van der Waals surface area contributed by atoms with Crippen molar-refractivity contribution in [1.82, 2.24) is 15.1 Å². The van der Waals surface area contributed by atoms with Crippen molar-refractivity contribution in [2.45, 2.75) is 13.3 Å². The Balaban J connectivity index is 2.04. The number of H-pyrrole nitrogens is 2. The van der Waals surface area contributed by atoms with Crippen LogP contribution < -0.4 is 10.3 Å². The van der Waals surface area contributed by atoms with E-state index in [1.807, 2.05) is 45.3 Å². The van der Waals surface area contributed by atoms with Crippen LogP contribution in [0.25, 0.3) is 0 Å². The van der Waals surface area contributed by atoms with Crippen LogP contribution in [-0.2, 0) is 6.42 Å². The van der Waals surface area contributed by atoms with E-state index in [9.17, 15) is 4.79 Å². The zero-order valence-electron chi connectivity index (χ0n) is 12.2. The highest BCUT2D eigenvalue weighted by Gasteiger charge is 2.07. The molecule has 1 aromatic carbocycles. The van der Waals surface area contributed by atoms with Gasteiger partial charge in [0.05, 0.1) is 0 Å². The first-order chi connectivity index (χ1) is 9.56. The van der Waals surface area contributed by atoms with E-state index in [1.165, 1.54) is 0 Å². The molecule has 0 aliphatic rings. The predicted molar refractivity (Wildman–Crippen MR) is 79.4 cm³/mol. The maximum Gasteiger partial charge on any atom is 0.267 e. The van der Waals surface area contributed by atoms with Gasteiger partial charge in [-0.25, -0.2) is 0 Å². The van der Waals surface area contributed by atoms with Gasteiger partial charge < -0.3 is 14.7 Å². The maximum atomic E-state index is 11.7. The average molecular weight is 275 g/mol. The van der Waals surface area contributed by atoms with Crippen molar-refractivity contribution in [1.29, 1.82) is 0 Å². The van der Waals surface area contributed by atoms with Crippen LogP contribution in [-0.4, -0.2) is 42.3 Å². The molecule has 0 unspecified atom stereocenters. The van der Waals surface area contributed by atoms with Gasteiger partial charge >= 0.3 is 0 Å². The summed E-state index contributed by atoms with van der Waals surface area (Å²) in [6.07, 6.45) is 0.607. The topological polar surface area (TPSA) is 61.1 Å². The standard InChI is InChI=1S/C15H21N3O2/c1-11-14(15(19)17-16-11)10-12-5-4-6-13(9-12)20-8-7-18(2)3/h4-6,9H,7-8,10H2,1-3H3,(H2,16,17,19). The quantitative estimate of drug-likeness (QED) is 0.840. The Bertz CT molecular complexity index is 614. The van der Waals surface area contributed by atoms with E-state index in [-0.39, 0.29) is 5.56 Å². The Morgan fingerprint density at radius 2 is 2.05 bits per heavy atom. The lowest BCUT2D eigenvalue weighted by Crippen LogP contribution is -2.19. The van der Waals surface area contributed by atoms with Crippen LogP contribution in [0.1, 0.15) is 16.8 Å². The molecule has 0 amide bonds. The molecule has 0 radical (unpaired) electrons. The Kier molecular flexibility index (Phi) is 4.63. The number of aryl methyl sites for hydroxylation is 1. The van der Waals surface area contributed by atoms with Gasteiger partial charge in [0, 0.05) is 24.2 Å². The van der Waals surface area contributed by atoms with Crippen molar-refractivity contribution in [2.75, 3.05) is 27.2 Å². The number of ether oxygens (including phenoxy) is 1. The molecule has 0 aliphatic carbocycles. The Morgan fingerprint density at radius 1 is 1.25 bits per heavy atom. The van der Waals surface area contributed by atoms with E-state index < -0.39 is 0 Å². The van der Waals surface area contributed by atoms with Crippen molar-refractivity contribution in [3.8, 4) is 5.75 Å². The highest BCUT2D eigenvalue weighted by Crippen LogP contribution is 2.16.